The van der Waals surface area contributed by atoms with Gasteiger partial charge in [-0.1, -0.05) is 30.4 Å². The lowest BCUT2D eigenvalue weighted by Crippen LogP contribution is -2.26. The van der Waals surface area contributed by atoms with E-state index in [1.54, 1.807) is 0 Å². The van der Waals surface area contributed by atoms with Crippen LogP contribution in [0.15, 0.2) is 61.2 Å². The Morgan fingerprint density at radius 2 is 2.00 bits per heavy atom. The molecule has 2 nitrogen and oxygen atoms in total. The molecule has 1 aliphatic carbocycles. The molecule has 0 unspecified atom stereocenters. The second kappa shape index (κ2) is 3.81. The summed E-state index contributed by atoms with van der Waals surface area (Å²) >= 11 is 0. The van der Waals surface area contributed by atoms with E-state index in [9.17, 15) is 0 Å². The number of rotatable bonds is 2. The molecule has 0 aliphatic heterocycles. The molecule has 1 aliphatic rings. The smallest absolute Gasteiger partial charge is 0.246 e. The van der Waals surface area contributed by atoms with Crippen molar-refractivity contribution in [2.24, 2.45) is 0 Å². The third kappa shape index (κ3) is 1.58. The van der Waals surface area contributed by atoms with Crippen LogP contribution in [0.5, 0.6) is 0 Å². The number of imidazole rings is 1. The molecule has 1 N–H and O–H groups in total. The summed E-state index contributed by atoms with van der Waals surface area (Å²) in [6.45, 7) is 0. The molecule has 0 radical (unpaired) electrons. The van der Waals surface area contributed by atoms with Crippen molar-refractivity contribution in [3.8, 4) is 5.69 Å². The SMILES string of the molecule is C1=CC(c2ccc(-[n+]3cc[nH]c3)cc2)=CC1. The Hall–Kier alpha value is -2.09. The van der Waals surface area contributed by atoms with E-state index in [2.05, 4.69) is 52.0 Å². The summed E-state index contributed by atoms with van der Waals surface area (Å²) in [5, 5.41) is 0. The van der Waals surface area contributed by atoms with E-state index in [4.69, 9.17) is 0 Å². The van der Waals surface area contributed by atoms with Crippen LogP contribution in [0.4, 0.5) is 0 Å². The van der Waals surface area contributed by atoms with Gasteiger partial charge in [-0.3, -0.25) is 0 Å². The number of aromatic amines is 1. The summed E-state index contributed by atoms with van der Waals surface area (Å²) in [5.41, 5.74) is 3.78. The normalized spacial score (nSPS) is 14.1. The largest absolute Gasteiger partial charge is 0.250 e. The number of H-pyrrole nitrogens is 1. The molecule has 2 aromatic rings. The van der Waals surface area contributed by atoms with Crippen molar-refractivity contribution in [2.75, 3.05) is 0 Å². The Balaban J connectivity index is 1.93. The van der Waals surface area contributed by atoms with E-state index in [0.29, 0.717) is 0 Å². The van der Waals surface area contributed by atoms with Crippen LogP contribution in [0.2, 0.25) is 0 Å². The predicted octanol–water partition coefficient (Wildman–Crippen LogP) is 2.63. The van der Waals surface area contributed by atoms with Crippen LogP contribution in [0, 0.1) is 0 Å². The van der Waals surface area contributed by atoms with Crippen molar-refractivity contribution < 1.29 is 4.57 Å². The summed E-state index contributed by atoms with van der Waals surface area (Å²) in [6, 6.07) is 8.60. The molecule has 0 spiro atoms. The zero-order chi connectivity index (χ0) is 10.8. The molecular weight excluding hydrogens is 196 g/mol. The number of benzene rings is 1. The monoisotopic (exact) mass is 209 g/mol. The molecule has 1 aromatic heterocycles. The molecule has 3 rings (SSSR count). The second-order valence-corrected chi connectivity index (χ2v) is 3.86. The van der Waals surface area contributed by atoms with Gasteiger partial charge >= 0.3 is 0 Å². The average molecular weight is 209 g/mol. The highest BCUT2D eigenvalue weighted by Crippen LogP contribution is 2.21. The topological polar surface area (TPSA) is 19.7 Å². The summed E-state index contributed by atoms with van der Waals surface area (Å²) in [6.07, 6.45) is 13.5. The summed E-state index contributed by atoms with van der Waals surface area (Å²) in [7, 11) is 0. The van der Waals surface area contributed by atoms with Gasteiger partial charge in [-0.05, 0) is 29.7 Å². The van der Waals surface area contributed by atoms with Gasteiger partial charge in [-0.2, -0.15) is 0 Å². The predicted molar refractivity (Wildman–Crippen MR) is 64.1 cm³/mol. The fourth-order valence-electron chi connectivity index (χ4n) is 1.95. The standard InChI is InChI=1S/C14H12N2/c1-2-4-12(3-1)13-5-7-14(8-6-13)16-10-9-15-11-16/h1,3-11H,2H2/p+1. The number of aromatic nitrogens is 2. The molecule has 0 atom stereocenters. The lowest BCUT2D eigenvalue weighted by atomic mass is 10.1. The van der Waals surface area contributed by atoms with Gasteiger partial charge in [0.2, 0.25) is 6.33 Å². The van der Waals surface area contributed by atoms with Gasteiger partial charge in [-0.15, -0.1) is 0 Å². The fourth-order valence-corrected chi connectivity index (χ4v) is 1.95. The van der Waals surface area contributed by atoms with Crippen molar-refractivity contribution in [3.05, 3.63) is 66.8 Å². The van der Waals surface area contributed by atoms with Crippen LogP contribution in [0.1, 0.15) is 12.0 Å². The quantitative estimate of drug-likeness (QED) is 0.734. The minimum atomic E-state index is 1.06. The van der Waals surface area contributed by atoms with E-state index in [1.807, 2.05) is 18.7 Å². The molecule has 2 heteroatoms. The van der Waals surface area contributed by atoms with Crippen LogP contribution in [0.3, 0.4) is 0 Å². The highest BCUT2D eigenvalue weighted by atomic mass is 15.0. The average Bonchev–Trinajstić information content (AvgIpc) is 3.03. The number of allylic oxidation sites excluding steroid dienone is 4. The van der Waals surface area contributed by atoms with Crippen LogP contribution in [0.25, 0.3) is 11.3 Å². The third-order valence-electron chi connectivity index (χ3n) is 2.82. The maximum Gasteiger partial charge on any atom is 0.246 e. The van der Waals surface area contributed by atoms with Crippen molar-refractivity contribution >= 4 is 5.57 Å². The van der Waals surface area contributed by atoms with E-state index in [0.717, 1.165) is 6.42 Å². The molecule has 0 saturated carbocycles. The van der Waals surface area contributed by atoms with E-state index < -0.39 is 0 Å². The number of nitrogens with zero attached hydrogens (tertiary/aromatic N) is 1. The summed E-state index contributed by atoms with van der Waals surface area (Å²) in [5.74, 6) is 0. The van der Waals surface area contributed by atoms with E-state index in [1.165, 1.54) is 16.8 Å². The molecule has 1 aromatic carbocycles. The maximum atomic E-state index is 3.04. The number of hydrogen-bond donors (Lipinski definition) is 1. The third-order valence-corrected chi connectivity index (χ3v) is 2.82. The molecule has 0 amide bonds. The second-order valence-electron chi connectivity index (χ2n) is 3.86. The molecule has 1 heterocycles. The first-order valence-corrected chi connectivity index (χ1v) is 5.45. The first-order chi connectivity index (χ1) is 7.93. The van der Waals surface area contributed by atoms with Gasteiger partial charge < -0.3 is 0 Å². The maximum absolute atomic E-state index is 3.04. The first-order valence-electron chi connectivity index (χ1n) is 5.45. The number of nitrogens with one attached hydrogen (secondary N) is 1. The zero-order valence-corrected chi connectivity index (χ0v) is 8.93. The number of hydrogen-bond acceptors (Lipinski definition) is 0. The Morgan fingerprint density at radius 3 is 2.62 bits per heavy atom. The van der Waals surface area contributed by atoms with E-state index in [-0.39, 0.29) is 0 Å². The molecule has 0 bridgehead atoms. The van der Waals surface area contributed by atoms with Gasteiger partial charge in [0.15, 0.2) is 0 Å². The Kier molecular flexibility index (Phi) is 2.18. The first kappa shape index (κ1) is 9.16. The lowest BCUT2D eigenvalue weighted by Gasteiger charge is -2.00. The minimum absolute atomic E-state index is 1.06. The van der Waals surface area contributed by atoms with Gasteiger partial charge in [0.05, 0.1) is 0 Å². The van der Waals surface area contributed by atoms with Crippen molar-refractivity contribution in [3.63, 3.8) is 0 Å². The minimum Gasteiger partial charge on any atom is -0.250 e. The van der Waals surface area contributed by atoms with Crippen molar-refractivity contribution in [2.45, 2.75) is 6.42 Å². The summed E-state index contributed by atoms with van der Waals surface area (Å²) in [4.78, 5) is 3.04. The fraction of sp³-hybridized carbons (Fsp3) is 0.0714. The lowest BCUT2D eigenvalue weighted by molar-refractivity contribution is -0.594. The van der Waals surface area contributed by atoms with Crippen LogP contribution >= 0.6 is 0 Å². The Labute approximate surface area is 94.6 Å². The van der Waals surface area contributed by atoms with Gasteiger partial charge in [0.1, 0.15) is 18.1 Å². The van der Waals surface area contributed by atoms with Gasteiger partial charge in [0, 0.05) is 0 Å². The van der Waals surface area contributed by atoms with Gasteiger partial charge in [-0.25, -0.2) is 9.55 Å². The van der Waals surface area contributed by atoms with Crippen LogP contribution in [-0.4, -0.2) is 4.98 Å². The summed E-state index contributed by atoms with van der Waals surface area (Å²) < 4.78 is 2.06. The highest BCUT2D eigenvalue weighted by molar-refractivity contribution is 5.76. The Bertz CT molecular complexity index is 531. The molecule has 16 heavy (non-hydrogen) atoms. The van der Waals surface area contributed by atoms with Crippen molar-refractivity contribution in [1.29, 1.82) is 0 Å². The van der Waals surface area contributed by atoms with Crippen LogP contribution in [-0.2, 0) is 0 Å². The highest BCUT2D eigenvalue weighted by Gasteiger charge is 2.04. The Morgan fingerprint density at radius 1 is 1.12 bits per heavy atom. The van der Waals surface area contributed by atoms with E-state index >= 15 is 0 Å². The zero-order valence-electron chi connectivity index (χ0n) is 8.93. The van der Waals surface area contributed by atoms with Crippen molar-refractivity contribution in [1.82, 2.24) is 4.98 Å². The molecule has 0 saturated heterocycles. The molecule has 0 fully saturated rings. The van der Waals surface area contributed by atoms with Gasteiger partial charge in [0.25, 0.3) is 0 Å². The molecule has 78 valence electrons. The van der Waals surface area contributed by atoms with Crippen LogP contribution < -0.4 is 4.57 Å². The molecular formula is C14H13N2+.